The minimum atomic E-state index is -0.204. The third-order valence-corrected chi connectivity index (χ3v) is 2.68. The van der Waals surface area contributed by atoms with E-state index in [0.717, 1.165) is 18.8 Å². The highest BCUT2D eigenvalue weighted by Crippen LogP contribution is 2.22. The van der Waals surface area contributed by atoms with Gasteiger partial charge in [-0.15, -0.1) is 0 Å². The lowest BCUT2D eigenvalue weighted by Gasteiger charge is -2.26. The molecule has 1 heterocycles. The van der Waals surface area contributed by atoms with Crippen molar-refractivity contribution in [2.45, 2.75) is 45.4 Å². The largest absolute Gasteiger partial charge is 0.379 e. The molecule has 0 saturated heterocycles. The molecule has 0 saturated carbocycles. The summed E-state index contributed by atoms with van der Waals surface area (Å²) in [5.74, 6) is 0.933. The molecular formula is C11H21N3O. The maximum absolute atomic E-state index is 6.11. The van der Waals surface area contributed by atoms with E-state index in [1.165, 1.54) is 0 Å². The number of imidazole rings is 1. The first-order valence-electron chi connectivity index (χ1n) is 5.32. The van der Waals surface area contributed by atoms with Crippen molar-refractivity contribution in [3.8, 4) is 0 Å². The Morgan fingerprint density at radius 1 is 1.60 bits per heavy atom. The lowest BCUT2D eigenvalue weighted by Crippen LogP contribution is -2.30. The molecule has 2 N–H and O–H groups in total. The Labute approximate surface area is 91.4 Å². The van der Waals surface area contributed by atoms with Gasteiger partial charge in [0.2, 0.25) is 0 Å². The highest BCUT2D eigenvalue weighted by Gasteiger charge is 2.23. The highest BCUT2D eigenvalue weighted by atomic mass is 16.5. The molecule has 0 radical (unpaired) electrons. The van der Waals surface area contributed by atoms with Gasteiger partial charge in [-0.2, -0.15) is 0 Å². The van der Waals surface area contributed by atoms with Crippen molar-refractivity contribution < 1.29 is 4.74 Å². The minimum absolute atomic E-state index is 0.0742. The molecule has 1 rings (SSSR count). The fraction of sp³-hybridized carbons (Fsp3) is 0.727. The van der Waals surface area contributed by atoms with E-state index in [9.17, 15) is 0 Å². The lowest BCUT2D eigenvalue weighted by atomic mass is 9.99. The van der Waals surface area contributed by atoms with E-state index < -0.39 is 0 Å². The monoisotopic (exact) mass is 211 g/mol. The van der Waals surface area contributed by atoms with Crippen LogP contribution in [0.5, 0.6) is 0 Å². The van der Waals surface area contributed by atoms with Gasteiger partial charge in [-0.25, -0.2) is 4.98 Å². The van der Waals surface area contributed by atoms with Crippen molar-refractivity contribution in [2.24, 2.45) is 5.73 Å². The van der Waals surface area contributed by atoms with Crippen LogP contribution < -0.4 is 5.73 Å². The maximum Gasteiger partial charge on any atom is 0.125 e. The molecule has 0 aliphatic carbocycles. The molecule has 0 aliphatic heterocycles. The first-order valence-corrected chi connectivity index (χ1v) is 5.32. The molecule has 86 valence electrons. The standard InChI is InChI=1S/C11H21N3O/c1-5-14-7-6-13-10(14)9(12)8-11(2,3)15-4/h6-7,9H,5,8,12H2,1-4H3. The highest BCUT2D eigenvalue weighted by molar-refractivity contribution is 5.00. The van der Waals surface area contributed by atoms with Crippen LogP contribution in [0, 0.1) is 0 Å². The predicted molar refractivity (Wildman–Crippen MR) is 60.5 cm³/mol. The smallest absolute Gasteiger partial charge is 0.125 e. The van der Waals surface area contributed by atoms with Crippen LogP contribution in [0.25, 0.3) is 0 Å². The van der Waals surface area contributed by atoms with Gasteiger partial charge < -0.3 is 15.0 Å². The first kappa shape index (κ1) is 12.2. The van der Waals surface area contributed by atoms with Crippen molar-refractivity contribution >= 4 is 0 Å². The van der Waals surface area contributed by atoms with E-state index >= 15 is 0 Å². The molecule has 0 amide bonds. The number of hydrogen-bond donors (Lipinski definition) is 1. The number of aromatic nitrogens is 2. The Morgan fingerprint density at radius 3 is 2.80 bits per heavy atom. The molecule has 1 atom stereocenters. The summed E-state index contributed by atoms with van der Waals surface area (Å²) in [5, 5.41) is 0. The van der Waals surface area contributed by atoms with Crippen LogP contribution in [0.1, 0.15) is 39.1 Å². The van der Waals surface area contributed by atoms with Gasteiger partial charge in [0, 0.05) is 26.0 Å². The number of aryl methyl sites for hydroxylation is 1. The molecule has 0 fully saturated rings. The molecule has 0 spiro atoms. The fourth-order valence-electron chi connectivity index (χ4n) is 1.62. The molecule has 1 aromatic heterocycles. The summed E-state index contributed by atoms with van der Waals surface area (Å²) in [5.41, 5.74) is 5.91. The summed E-state index contributed by atoms with van der Waals surface area (Å²) in [4.78, 5) is 4.29. The average Bonchev–Trinajstić information content (AvgIpc) is 2.64. The Hall–Kier alpha value is -0.870. The normalized spacial score (nSPS) is 14.2. The van der Waals surface area contributed by atoms with Gasteiger partial charge >= 0.3 is 0 Å². The van der Waals surface area contributed by atoms with Crippen LogP contribution in [-0.2, 0) is 11.3 Å². The molecule has 0 aromatic carbocycles. The van der Waals surface area contributed by atoms with Crippen LogP contribution in [0.4, 0.5) is 0 Å². The van der Waals surface area contributed by atoms with Gasteiger partial charge in [0.05, 0.1) is 11.6 Å². The minimum Gasteiger partial charge on any atom is -0.379 e. The molecule has 4 nitrogen and oxygen atoms in total. The summed E-state index contributed by atoms with van der Waals surface area (Å²) in [7, 11) is 1.71. The molecule has 1 unspecified atom stereocenters. The summed E-state index contributed by atoms with van der Waals surface area (Å²) >= 11 is 0. The van der Waals surface area contributed by atoms with E-state index in [1.54, 1.807) is 13.3 Å². The predicted octanol–water partition coefficient (Wildman–Crippen LogP) is 1.72. The molecule has 1 aromatic rings. The van der Waals surface area contributed by atoms with Crippen molar-refractivity contribution in [1.29, 1.82) is 0 Å². The second-order valence-electron chi connectivity index (χ2n) is 4.35. The summed E-state index contributed by atoms with van der Waals surface area (Å²) in [6.45, 7) is 7.05. The van der Waals surface area contributed by atoms with Gasteiger partial charge in [0.25, 0.3) is 0 Å². The number of hydrogen-bond acceptors (Lipinski definition) is 3. The van der Waals surface area contributed by atoms with Gasteiger partial charge in [0.15, 0.2) is 0 Å². The third-order valence-electron chi connectivity index (χ3n) is 2.68. The van der Waals surface area contributed by atoms with Crippen LogP contribution in [0.2, 0.25) is 0 Å². The van der Waals surface area contributed by atoms with Crippen molar-refractivity contribution in [3.05, 3.63) is 18.2 Å². The molecule has 0 bridgehead atoms. The zero-order chi connectivity index (χ0) is 11.5. The first-order chi connectivity index (χ1) is 7.00. The Bertz CT molecular complexity index is 307. The van der Waals surface area contributed by atoms with Crippen LogP contribution >= 0.6 is 0 Å². The Kier molecular flexibility index (Phi) is 3.88. The van der Waals surface area contributed by atoms with Crippen molar-refractivity contribution in [1.82, 2.24) is 9.55 Å². The number of ether oxygens (including phenoxy) is 1. The van der Waals surface area contributed by atoms with E-state index in [2.05, 4.69) is 16.5 Å². The van der Waals surface area contributed by atoms with E-state index in [1.807, 2.05) is 20.0 Å². The quantitative estimate of drug-likeness (QED) is 0.806. The topological polar surface area (TPSA) is 53.1 Å². The van der Waals surface area contributed by atoms with Gasteiger partial charge in [-0.1, -0.05) is 0 Å². The second kappa shape index (κ2) is 4.77. The van der Waals surface area contributed by atoms with Gasteiger partial charge in [-0.3, -0.25) is 0 Å². The lowest BCUT2D eigenvalue weighted by molar-refractivity contribution is 0.00911. The average molecular weight is 211 g/mol. The molecular weight excluding hydrogens is 190 g/mol. The maximum atomic E-state index is 6.11. The molecule has 4 heteroatoms. The fourth-order valence-corrected chi connectivity index (χ4v) is 1.62. The van der Waals surface area contributed by atoms with E-state index in [0.29, 0.717) is 0 Å². The zero-order valence-corrected chi connectivity index (χ0v) is 10.0. The van der Waals surface area contributed by atoms with Gasteiger partial charge in [-0.05, 0) is 27.2 Å². The Balaban J connectivity index is 2.73. The summed E-state index contributed by atoms with van der Waals surface area (Å²) < 4.78 is 7.43. The van der Waals surface area contributed by atoms with Crippen molar-refractivity contribution in [3.63, 3.8) is 0 Å². The number of nitrogens with two attached hydrogens (primary N) is 1. The molecule has 15 heavy (non-hydrogen) atoms. The van der Waals surface area contributed by atoms with Crippen LogP contribution in [0.15, 0.2) is 12.4 Å². The summed E-state index contributed by atoms with van der Waals surface area (Å²) in [6.07, 6.45) is 4.51. The van der Waals surface area contributed by atoms with Crippen LogP contribution in [-0.4, -0.2) is 22.3 Å². The number of rotatable bonds is 5. The van der Waals surface area contributed by atoms with Gasteiger partial charge in [0.1, 0.15) is 5.82 Å². The summed E-state index contributed by atoms with van der Waals surface area (Å²) in [6, 6.07) is -0.0742. The SMILES string of the molecule is CCn1ccnc1C(N)CC(C)(C)OC. The number of methoxy groups -OCH3 is 1. The van der Waals surface area contributed by atoms with Crippen LogP contribution in [0.3, 0.4) is 0 Å². The number of nitrogens with zero attached hydrogens (tertiary/aromatic N) is 2. The second-order valence-corrected chi connectivity index (χ2v) is 4.35. The Morgan fingerprint density at radius 2 is 2.27 bits per heavy atom. The third kappa shape index (κ3) is 3.04. The zero-order valence-electron chi connectivity index (χ0n) is 10.0. The van der Waals surface area contributed by atoms with Crippen molar-refractivity contribution in [2.75, 3.05) is 7.11 Å². The molecule has 0 aliphatic rings. The van der Waals surface area contributed by atoms with E-state index in [4.69, 9.17) is 10.5 Å². The van der Waals surface area contributed by atoms with E-state index in [-0.39, 0.29) is 11.6 Å².